The minimum Gasteiger partial charge on any atom is -0.466 e. The van der Waals surface area contributed by atoms with Crippen molar-refractivity contribution in [2.45, 2.75) is 25.7 Å². The summed E-state index contributed by atoms with van der Waals surface area (Å²) in [5, 5.41) is 12.9. The van der Waals surface area contributed by atoms with Gasteiger partial charge in [0.15, 0.2) is 0 Å². The zero-order valence-electron chi connectivity index (χ0n) is 12.9. The van der Waals surface area contributed by atoms with E-state index < -0.39 is 11.9 Å². The molecule has 0 saturated heterocycles. The van der Waals surface area contributed by atoms with Gasteiger partial charge in [0.2, 0.25) is 0 Å². The second-order valence-electron chi connectivity index (χ2n) is 5.70. The first-order chi connectivity index (χ1) is 11.1. The first-order valence-electron chi connectivity index (χ1n) is 7.38. The van der Waals surface area contributed by atoms with Crippen LogP contribution in [0.1, 0.15) is 31.2 Å². The van der Waals surface area contributed by atoms with Crippen LogP contribution in [-0.4, -0.2) is 18.1 Å². The van der Waals surface area contributed by atoms with Crippen LogP contribution in [0.3, 0.4) is 0 Å². The number of pyridine rings is 1. The maximum absolute atomic E-state index is 12.5. The van der Waals surface area contributed by atoms with E-state index in [1.54, 1.807) is 12.4 Å². The summed E-state index contributed by atoms with van der Waals surface area (Å²) in [6, 6.07) is 4.08. The summed E-state index contributed by atoms with van der Waals surface area (Å²) in [7, 11) is 1.37. The smallest absolute Gasteiger partial charge is 0.336 e. The molecule has 3 rings (SSSR count). The van der Waals surface area contributed by atoms with Crippen molar-refractivity contribution in [2.24, 2.45) is 5.92 Å². The third-order valence-corrected chi connectivity index (χ3v) is 4.88. The number of aromatic nitrogens is 1. The summed E-state index contributed by atoms with van der Waals surface area (Å²) in [6.07, 6.45) is 5.43. The highest BCUT2D eigenvalue weighted by Gasteiger charge is 2.40. The normalized spacial score (nSPS) is 20.9. The molecule has 2 aliphatic rings. The predicted octanol–water partition coefficient (Wildman–Crippen LogP) is 3.17. The summed E-state index contributed by atoms with van der Waals surface area (Å²) in [5.74, 6) is -0.502. The largest absolute Gasteiger partial charge is 0.466 e. The molecule has 0 radical (unpaired) electrons. The van der Waals surface area contributed by atoms with Crippen LogP contribution in [0, 0.1) is 17.2 Å². The van der Waals surface area contributed by atoms with Crippen molar-refractivity contribution in [2.75, 3.05) is 7.11 Å². The summed E-state index contributed by atoms with van der Waals surface area (Å²) in [4.78, 5) is 16.6. The van der Waals surface area contributed by atoms with Crippen molar-refractivity contribution < 1.29 is 9.53 Å². The van der Waals surface area contributed by atoms with Gasteiger partial charge in [-0.1, -0.05) is 0 Å². The Morgan fingerprint density at radius 3 is 2.83 bits per heavy atom. The molecule has 1 unspecified atom stereocenters. The van der Waals surface area contributed by atoms with Gasteiger partial charge in [-0.2, -0.15) is 5.26 Å². The number of hydrogen-bond donors (Lipinski definition) is 1. The van der Waals surface area contributed by atoms with Gasteiger partial charge < -0.3 is 10.1 Å². The molecule has 0 spiro atoms. The summed E-state index contributed by atoms with van der Waals surface area (Å²) in [6.45, 7) is 1.87. The number of hydrogen-bond acceptors (Lipinski definition) is 5. The van der Waals surface area contributed by atoms with E-state index in [9.17, 15) is 10.1 Å². The van der Waals surface area contributed by atoms with Gasteiger partial charge in [0.05, 0.1) is 30.2 Å². The number of halogens is 1. The molecule has 1 fully saturated rings. The molecule has 1 aromatic rings. The Kier molecular flexibility index (Phi) is 4.22. The molecular weight excluding hydrogens is 358 g/mol. The van der Waals surface area contributed by atoms with Gasteiger partial charge in [-0.25, -0.2) is 4.79 Å². The second kappa shape index (κ2) is 6.17. The molecule has 2 heterocycles. The van der Waals surface area contributed by atoms with E-state index in [-0.39, 0.29) is 0 Å². The van der Waals surface area contributed by atoms with Crippen LogP contribution < -0.4 is 5.32 Å². The lowest BCUT2D eigenvalue weighted by atomic mass is 9.80. The number of carbonyl (C=O) groups is 1. The molecule has 23 heavy (non-hydrogen) atoms. The van der Waals surface area contributed by atoms with E-state index in [1.807, 2.05) is 13.0 Å². The van der Waals surface area contributed by atoms with E-state index in [2.05, 4.69) is 32.3 Å². The zero-order chi connectivity index (χ0) is 16.6. The molecule has 118 valence electrons. The SMILES string of the molecule is COC(=O)C1=C(C2CC2)NC(C)=C(C#N)C1c1ccncc1Br. The highest BCUT2D eigenvalue weighted by Crippen LogP contribution is 2.46. The van der Waals surface area contributed by atoms with Gasteiger partial charge in [0, 0.05) is 28.3 Å². The Hall–Kier alpha value is -2.13. The number of carbonyl (C=O) groups excluding carboxylic acids is 1. The summed E-state index contributed by atoms with van der Waals surface area (Å²) < 4.78 is 5.79. The van der Waals surface area contributed by atoms with Crippen LogP contribution in [0.2, 0.25) is 0 Å². The van der Waals surface area contributed by atoms with Gasteiger partial charge in [0.25, 0.3) is 0 Å². The Labute approximate surface area is 143 Å². The lowest BCUT2D eigenvalue weighted by Gasteiger charge is -2.30. The molecular formula is C17H16BrN3O2. The van der Waals surface area contributed by atoms with Crippen LogP contribution in [0.5, 0.6) is 0 Å². The van der Waals surface area contributed by atoms with Crippen LogP contribution >= 0.6 is 15.9 Å². The average molecular weight is 374 g/mol. The fourth-order valence-electron chi connectivity index (χ4n) is 2.96. The van der Waals surface area contributed by atoms with Gasteiger partial charge in [-0.15, -0.1) is 0 Å². The molecule has 1 aliphatic heterocycles. The molecule has 1 aliphatic carbocycles. The molecule has 0 bridgehead atoms. The van der Waals surface area contributed by atoms with Crippen molar-refractivity contribution >= 4 is 21.9 Å². The minimum atomic E-state index is -0.443. The third-order valence-electron chi connectivity index (χ3n) is 4.22. The highest BCUT2D eigenvalue weighted by atomic mass is 79.9. The molecule has 0 aromatic carbocycles. The van der Waals surface area contributed by atoms with Crippen molar-refractivity contribution in [1.29, 1.82) is 5.26 Å². The van der Waals surface area contributed by atoms with E-state index in [0.29, 0.717) is 17.1 Å². The fraction of sp³-hybridized carbons (Fsp3) is 0.353. The summed E-state index contributed by atoms with van der Waals surface area (Å²) in [5.41, 5.74) is 3.58. The number of allylic oxidation sites excluding steroid dienone is 3. The first kappa shape index (κ1) is 15.8. The Morgan fingerprint density at radius 1 is 1.52 bits per heavy atom. The van der Waals surface area contributed by atoms with E-state index >= 15 is 0 Å². The average Bonchev–Trinajstić information content (AvgIpc) is 3.38. The molecule has 1 N–H and O–H groups in total. The van der Waals surface area contributed by atoms with Gasteiger partial charge in [-0.3, -0.25) is 4.98 Å². The number of methoxy groups -OCH3 is 1. The number of ether oxygens (including phenoxy) is 1. The Bertz CT molecular complexity index is 772. The van der Waals surface area contributed by atoms with E-state index in [4.69, 9.17) is 4.74 Å². The Balaban J connectivity index is 2.23. The van der Waals surface area contributed by atoms with Crippen molar-refractivity contribution in [1.82, 2.24) is 10.3 Å². The van der Waals surface area contributed by atoms with E-state index in [0.717, 1.165) is 34.3 Å². The molecule has 0 amide bonds. The minimum absolute atomic E-state index is 0.336. The van der Waals surface area contributed by atoms with Crippen LogP contribution in [-0.2, 0) is 9.53 Å². The predicted molar refractivity (Wildman–Crippen MR) is 87.9 cm³/mol. The molecule has 1 aromatic heterocycles. The maximum atomic E-state index is 12.5. The van der Waals surface area contributed by atoms with Crippen molar-refractivity contribution in [3.8, 4) is 6.07 Å². The molecule has 1 atom stereocenters. The van der Waals surface area contributed by atoms with Crippen molar-refractivity contribution in [3.05, 3.63) is 51.0 Å². The van der Waals surface area contributed by atoms with Gasteiger partial charge in [0.1, 0.15) is 0 Å². The molecule has 1 saturated carbocycles. The van der Waals surface area contributed by atoms with Crippen LogP contribution in [0.15, 0.2) is 45.5 Å². The van der Waals surface area contributed by atoms with E-state index in [1.165, 1.54) is 7.11 Å². The lowest BCUT2D eigenvalue weighted by molar-refractivity contribution is -0.136. The standard InChI is InChI=1S/C17H16BrN3O2/c1-9-12(7-19)14(11-5-6-20-8-13(11)18)15(17(22)23-2)16(21-9)10-3-4-10/h5-6,8,10,14,21H,3-4H2,1-2H3. The van der Waals surface area contributed by atoms with Crippen molar-refractivity contribution in [3.63, 3.8) is 0 Å². The van der Waals surface area contributed by atoms with Gasteiger partial charge >= 0.3 is 5.97 Å². The Morgan fingerprint density at radius 2 is 2.26 bits per heavy atom. The van der Waals surface area contributed by atoms with Crippen LogP contribution in [0.4, 0.5) is 0 Å². The fourth-order valence-corrected chi connectivity index (χ4v) is 3.44. The first-order valence-corrected chi connectivity index (χ1v) is 8.17. The van der Waals surface area contributed by atoms with Gasteiger partial charge in [-0.05, 0) is 53.2 Å². The number of nitrogens with one attached hydrogen (secondary N) is 1. The highest BCUT2D eigenvalue weighted by molar-refractivity contribution is 9.10. The third kappa shape index (κ3) is 2.77. The lowest BCUT2D eigenvalue weighted by Crippen LogP contribution is -2.30. The summed E-state index contributed by atoms with van der Waals surface area (Å²) >= 11 is 3.49. The topological polar surface area (TPSA) is 75.0 Å². The molecule has 6 heteroatoms. The second-order valence-corrected chi connectivity index (χ2v) is 6.55. The quantitative estimate of drug-likeness (QED) is 0.823. The van der Waals surface area contributed by atoms with Crippen LogP contribution in [0.25, 0.3) is 0 Å². The monoisotopic (exact) mass is 373 g/mol. The zero-order valence-corrected chi connectivity index (χ0v) is 14.5. The molecule has 5 nitrogen and oxygen atoms in total. The number of rotatable bonds is 3. The number of esters is 1. The maximum Gasteiger partial charge on any atom is 0.336 e. The number of nitrogens with zero attached hydrogens (tertiary/aromatic N) is 2. The number of nitriles is 1. The number of dihydropyridines is 1.